The molecule has 0 bridgehead atoms. The molecule has 0 aliphatic rings. The topological polar surface area (TPSA) is 16.6 Å². The molecule has 0 unspecified atom stereocenters. The van der Waals surface area contributed by atoms with Crippen LogP contribution in [-0.4, -0.2) is 7.05 Å². The molecule has 0 amide bonds. The first-order valence-corrected chi connectivity index (χ1v) is 3.66. The quantitative estimate of drug-likeness (QED) is 0.616. The first-order valence-electron chi connectivity index (χ1n) is 3.66. The van der Waals surface area contributed by atoms with Crippen molar-refractivity contribution in [1.82, 2.24) is 0 Å². The Kier molecular flexibility index (Phi) is 2.46. The van der Waals surface area contributed by atoms with Crippen molar-refractivity contribution in [3.05, 3.63) is 35.4 Å². The van der Waals surface area contributed by atoms with E-state index < -0.39 is 0 Å². The SMILES string of the molecule is C[NH2+]Cc1cccc(C)c1. The molecule has 10 heavy (non-hydrogen) atoms. The smallest absolute Gasteiger partial charge is 0.101 e. The minimum atomic E-state index is 1.08. The maximum absolute atomic E-state index is 2.22. The van der Waals surface area contributed by atoms with Gasteiger partial charge in [-0.1, -0.05) is 29.8 Å². The third-order valence-corrected chi connectivity index (χ3v) is 1.52. The molecule has 0 radical (unpaired) electrons. The van der Waals surface area contributed by atoms with Crippen molar-refractivity contribution in [2.24, 2.45) is 0 Å². The van der Waals surface area contributed by atoms with Crippen LogP contribution in [0.5, 0.6) is 0 Å². The summed E-state index contributed by atoms with van der Waals surface area (Å²) in [4.78, 5) is 0. The van der Waals surface area contributed by atoms with E-state index in [1.165, 1.54) is 11.1 Å². The Morgan fingerprint density at radius 2 is 2.20 bits per heavy atom. The summed E-state index contributed by atoms with van der Waals surface area (Å²) in [5.41, 5.74) is 2.75. The number of quaternary nitrogens is 1. The summed E-state index contributed by atoms with van der Waals surface area (Å²) in [6.07, 6.45) is 0. The van der Waals surface area contributed by atoms with Crippen molar-refractivity contribution in [2.75, 3.05) is 7.05 Å². The Morgan fingerprint density at radius 1 is 1.40 bits per heavy atom. The van der Waals surface area contributed by atoms with Crippen LogP contribution in [0.1, 0.15) is 11.1 Å². The Bertz CT molecular complexity index is 206. The van der Waals surface area contributed by atoms with Gasteiger partial charge in [0.15, 0.2) is 0 Å². The highest BCUT2D eigenvalue weighted by atomic mass is 14.8. The first-order chi connectivity index (χ1) is 4.83. The van der Waals surface area contributed by atoms with Crippen molar-refractivity contribution in [3.8, 4) is 0 Å². The Morgan fingerprint density at radius 3 is 2.80 bits per heavy atom. The second-order valence-electron chi connectivity index (χ2n) is 2.60. The molecule has 0 fully saturated rings. The highest BCUT2D eigenvalue weighted by molar-refractivity contribution is 5.21. The van der Waals surface area contributed by atoms with Gasteiger partial charge >= 0.3 is 0 Å². The van der Waals surface area contributed by atoms with E-state index >= 15 is 0 Å². The molecule has 0 aromatic heterocycles. The number of hydrogen-bond donors (Lipinski definition) is 1. The molecule has 1 nitrogen and oxygen atoms in total. The summed E-state index contributed by atoms with van der Waals surface area (Å²) in [6.45, 7) is 3.21. The maximum atomic E-state index is 2.22. The molecule has 1 aromatic carbocycles. The fourth-order valence-corrected chi connectivity index (χ4v) is 1.07. The average molecular weight is 136 g/mol. The van der Waals surface area contributed by atoms with Crippen molar-refractivity contribution in [3.63, 3.8) is 0 Å². The lowest BCUT2D eigenvalue weighted by Gasteiger charge is -1.97. The summed E-state index contributed by atoms with van der Waals surface area (Å²) in [7, 11) is 2.09. The number of nitrogens with two attached hydrogens (primary N) is 1. The van der Waals surface area contributed by atoms with Gasteiger partial charge in [-0.15, -0.1) is 0 Å². The van der Waals surface area contributed by atoms with E-state index in [9.17, 15) is 0 Å². The largest absolute Gasteiger partial charge is 0.345 e. The molecule has 0 aliphatic carbocycles. The van der Waals surface area contributed by atoms with Gasteiger partial charge < -0.3 is 5.32 Å². The second kappa shape index (κ2) is 3.37. The molecule has 0 saturated heterocycles. The maximum Gasteiger partial charge on any atom is 0.101 e. The molecule has 0 saturated carbocycles. The average Bonchev–Trinajstić information content (AvgIpc) is 1.88. The predicted octanol–water partition coefficient (Wildman–Crippen LogP) is 0.688. The van der Waals surface area contributed by atoms with Gasteiger partial charge in [-0.2, -0.15) is 0 Å². The van der Waals surface area contributed by atoms with Gasteiger partial charge in [0.25, 0.3) is 0 Å². The van der Waals surface area contributed by atoms with E-state index in [-0.39, 0.29) is 0 Å². The van der Waals surface area contributed by atoms with E-state index in [0.29, 0.717) is 0 Å². The fraction of sp³-hybridized carbons (Fsp3) is 0.333. The molecule has 0 heterocycles. The van der Waals surface area contributed by atoms with Gasteiger partial charge in [-0.3, -0.25) is 0 Å². The lowest BCUT2D eigenvalue weighted by Crippen LogP contribution is -2.77. The number of aryl methyl sites for hydroxylation is 1. The first kappa shape index (κ1) is 7.29. The van der Waals surface area contributed by atoms with Gasteiger partial charge in [-0.25, -0.2) is 0 Å². The lowest BCUT2D eigenvalue weighted by molar-refractivity contribution is -0.643. The molecule has 1 rings (SSSR count). The van der Waals surface area contributed by atoms with E-state index in [2.05, 4.69) is 43.6 Å². The van der Waals surface area contributed by atoms with Crippen LogP contribution in [0.3, 0.4) is 0 Å². The van der Waals surface area contributed by atoms with Crippen LogP contribution in [-0.2, 0) is 6.54 Å². The van der Waals surface area contributed by atoms with Crippen molar-refractivity contribution in [1.29, 1.82) is 0 Å². The highest BCUT2D eigenvalue weighted by Gasteiger charge is 1.90. The van der Waals surface area contributed by atoms with Crippen LogP contribution < -0.4 is 5.32 Å². The van der Waals surface area contributed by atoms with Crippen LogP contribution in [0, 0.1) is 6.92 Å². The standard InChI is InChI=1S/C9H13N/c1-8-4-3-5-9(6-8)7-10-2/h3-6,10H,7H2,1-2H3/p+1. The third kappa shape index (κ3) is 1.85. The highest BCUT2D eigenvalue weighted by Crippen LogP contribution is 2.01. The zero-order chi connectivity index (χ0) is 7.40. The van der Waals surface area contributed by atoms with Crippen LogP contribution in [0.25, 0.3) is 0 Å². The third-order valence-electron chi connectivity index (χ3n) is 1.52. The normalized spacial score (nSPS) is 9.80. The summed E-state index contributed by atoms with van der Waals surface area (Å²) in [5.74, 6) is 0. The molecule has 1 heteroatoms. The van der Waals surface area contributed by atoms with Gasteiger partial charge in [0.05, 0.1) is 7.05 Å². The molecule has 0 aliphatic heterocycles. The Balaban J connectivity index is 2.75. The molecule has 1 aromatic rings. The molecule has 2 N–H and O–H groups in total. The van der Waals surface area contributed by atoms with Gasteiger partial charge in [0.1, 0.15) is 6.54 Å². The van der Waals surface area contributed by atoms with Gasteiger partial charge in [-0.05, 0) is 6.92 Å². The minimum Gasteiger partial charge on any atom is -0.345 e. The zero-order valence-electron chi connectivity index (χ0n) is 6.59. The van der Waals surface area contributed by atoms with Crippen LogP contribution in [0.2, 0.25) is 0 Å². The monoisotopic (exact) mass is 136 g/mol. The second-order valence-corrected chi connectivity index (χ2v) is 2.60. The molecule has 0 atom stereocenters. The van der Waals surface area contributed by atoms with E-state index in [4.69, 9.17) is 0 Å². The zero-order valence-corrected chi connectivity index (χ0v) is 6.59. The van der Waals surface area contributed by atoms with Crippen LogP contribution in [0.15, 0.2) is 24.3 Å². The summed E-state index contributed by atoms with van der Waals surface area (Å²) in [5, 5.41) is 2.18. The van der Waals surface area contributed by atoms with Gasteiger partial charge in [0.2, 0.25) is 0 Å². The van der Waals surface area contributed by atoms with Gasteiger partial charge in [0, 0.05) is 5.56 Å². The lowest BCUT2D eigenvalue weighted by atomic mass is 10.1. The predicted molar refractivity (Wildman–Crippen MR) is 42.7 cm³/mol. The number of benzene rings is 1. The summed E-state index contributed by atoms with van der Waals surface area (Å²) < 4.78 is 0. The molecule has 0 spiro atoms. The minimum absolute atomic E-state index is 1.08. The Hall–Kier alpha value is -0.820. The molecule has 54 valence electrons. The number of rotatable bonds is 2. The van der Waals surface area contributed by atoms with Crippen LogP contribution in [0.4, 0.5) is 0 Å². The molecular weight excluding hydrogens is 122 g/mol. The summed E-state index contributed by atoms with van der Waals surface area (Å²) >= 11 is 0. The van der Waals surface area contributed by atoms with E-state index in [0.717, 1.165) is 6.54 Å². The van der Waals surface area contributed by atoms with Crippen LogP contribution >= 0.6 is 0 Å². The fourth-order valence-electron chi connectivity index (χ4n) is 1.07. The van der Waals surface area contributed by atoms with E-state index in [1.54, 1.807) is 0 Å². The van der Waals surface area contributed by atoms with Crippen molar-refractivity contribution >= 4 is 0 Å². The molecular formula is C9H14N+. The number of hydrogen-bond acceptors (Lipinski definition) is 0. The summed E-state index contributed by atoms with van der Waals surface area (Å²) in [6, 6.07) is 8.61. The van der Waals surface area contributed by atoms with Crippen molar-refractivity contribution in [2.45, 2.75) is 13.5 Å². The van der Waals surface area contributed by atoms with E-state index in [1.807, 2.05) is 0 Å². The Labute approximate surface area is 62.1 Å². The van der Waals surface area contributed by atoms with Crippen molar-refractivity contribution < 1.29 is 5.32 Å².